The topological polar surface area (TPSA) is 59.4 Å². The fourth-order valence-electron chi connectivity index (χ4n) is 2.76. The zero-order valence-corrected chi connectivity index (χ0v) is 16.4. The summed E-state index contributed by atoms with van der Waals surface area (Å²) in [5.74, 6) is -0.361. The summed E-state index contributed by atoms with van der Waals surface area (Å²) in [6, 6.07) is 18.1. The molecule has 1 N–H and O–H groups in total. The van der Waals surface area contributed by atoms with Crippen molar-refractivity contribution in [2.24, 2.45) is 0 Å². The lowest BCUT2D eigenvalue weighted by Gasteiger charge is -2.15. The molecule has 0 radical (unpaired) electrons. The third-order valence-corrected chi connectivity index (χ3v) is 4.59. The monoisotopic (exact) mass is 393 g/mol. The molecule has 0 unspecified atom stereocenters. The quantitative estimate of drug-likeness (QED) is 0.513. The number of aromatic carboxylic acids is 1. The van der Waals surface area contributed by atoms with Gasteiger partial charge in [-0.05, 0) is 55.3 Å². The Balaban J connectivity index is 2.12. The van der Waals surface area contributed by atoms with Gasteiger partial charge in [0.25, 0.3) is 0 Å². The Morgan fingerprint density at radius 2 is 1.82 bits per heavy atom. The summed E-state index contributed by atoms with van der Waals surface area (Å²) >= 11 is 6.26. The first-order valence-electron chi connectivity index (χ1n) is 8.84. The van der Waals surface area contributed by atoms with Crippen LogP contribution < -0.4 is 4.74 Å². The molecule has 3 rings (SSSR count). The van der Waals surface area contributed by atoms with E-state index in [0.29, 0.717) is 23.1 Å². The average Bonchev–Trinajstić information content (AvgIpc) is 2.72. The van der Waals surface area contributed by atoms with E-state index in [1.165, 1.54) is 6.07 Å². The predicted molar refractivity (Wildman–Crippen MR) is 112 cm³/mol. The van der Waals surface area contributed by atoms with Gasteiger partial charge in [-0.3, -0.25) is 0 Å². The summed E-state index contributed by atoms with van der Waals surface area (Å²) in [5, 5.41) is 9.85. The van der Waals surface area contributed by atoms with Crippen LogP contribution in [0.25, 0.3) is 22.4 Å². The molecule has 1 aromatic heterocycles. The summed E-state index contributed by atoms with van der Waals surface area (Å²) in [7, 11) is 0. The number of hydrogen-bond donors (Lipinski definition) is 1. The number of carboxylic acids is 1. The lowest BCUT2D eigenvalue weighted by molar-refractivity contribution is 0.0690. The molecule has 5 heteroatoms. The number of pyridine rings is 1. The second-order valence-corrected chi connectivity index (χ2v) is 6.76. The van der Waals surface area contributed by atoms with Gasteiger partial charge in [0.05, 0.1) is 5.69 Å². The third-order valence-electron chi connectivity index (χ3n) is 4.35. The molecule has 1 heterocycles. The van der Waals surface area contributed by atoms with Crippen molar-refractivity contribution in [2.45, 2.75) is 13.8 Å². The van der Waals surface area contributed by atoms with Crippen molar-refractivity contribution in [3.8, 4) is 28.1 Å². The maximum atomic E-state index is 11.3. The van der Waals surface area contributed by atoms with Crippen LogP contribution in [0.3, 0.4) is 0 Å². The molecule has 0 aliphatic carbocycles. The maximum Gasteiger partial charge on any atom is 0.354 e. The molecule has 0 bridgehead atoms. The summed E-state index contributed by atoms with van der Waals surface area (Å²) in [6.07, 6.45) is 2.00. The number of aromatic nitrogens is 1. The highest BCUT2D eigenvalue weighted by Crippen LogP contribution is 2.38. The SMILES string of the molecule is CC=C(C)COc1ccc(Cl)cc1-c1ccccc1-c1cccc(C(=O)O)n1. The summed E-state index contributed by atoms with van der Waals surface area (Å²) in [4.78, 5) is 15.6. The molecule has 0 amide bonds. The number of rotatable bonds is 6. The van der Waals surface area contributed by atoms with Gasteiger partial charge in [-0.2, -0.15) is 0 Å². The second-order valence-electron chi connectivity index (χ2n) is 6.32. The molecule has 142 valence electrons. The van der Waals surface area contributed by atoms with E-state index < -0.39 is 5.97 Å². The predicted octanol–water partition coefficient (Wildman–Crippen LogP) is 6.11. The number of carbonyl (C=O) groups is 1. The number of allylic oxidation sites excluding steroid dienone is 1. The van der Waals surface area contributed by atoms with Crippen molar-refractivity contribution in [3.63, 3.8) is 0 Å². The van der Waals surface area contributed by atoms with E-state index in [9.17, 15) is 9.90 Å². The number of carboxylic acid groups (broad SMARTS) is 1. The minimum Gasteiger partial charge on any atom is -0.489 e. The summed E-state index contributed by atoms with van der Waals surface area (Å²) in [5.41, 5.74) is 4.19. The molecule has 2 aromatic carbocycles. The second kappa shape index (κ2) is 8.72. The van der Waals surface area contributed by atoms with Crippen LogP contribution >= 0.6 is 11.6 Å². The molecule has 0 spiro atoms. The van der Waals surface area contributed by atoms with Crippen molar-refractivity contribution < 1.29 is 14.6 Å². The first-order valence-corrected chi connectivity index (χ1v) is 9.21. The van der Waals surface area contributed by atoms with E-state index in [0.717, 1.165) is 22.3 Å². The zero-order chi connectivity index (χ0) is 20.1. The fraction of sp³-hybridized carbons (Fsp3) is 0.130. The number of nitrogens with zero attached hydrogens (tertiary/aromatic N) is 1. The Hall–Kier alpha value is -3.11. The summed E-state index contributed by atoms with van der Waals surface area (Å²) in [6.45, 7) is 4.45. The fourth-order valence-corrected chi connectivity index (χ4v) is 2.93. The lowest BCUT2D eigenvalue weighted by Crippen LogP contribution is -2.02. The van der Waals surface area contributed by atoms with Gasteiger partial charge in [-0.15, -0.1) is 0 Å². The number of halogens is 1. The van der Waals surface area contributed by atoms with E-state index in [2.05, 4.69) is 4.98 Å². The van der Waals surface area contributed by atoms with Gasteiger partial charge < -0.3 is 9.84 Å². The minimum atomic E-state index is -1.06. The molecule has 0 aliphatic heterocycles. The number of benzene rings is 2. The Kier molecular flexibility index (Phi) is 6.12. The Morgan fingerprint density at radius 3 is 2.54 bits per heavy atom. The summed E-state index contributed by atoms with van der Waals surface area (Å²) < 4.78 is 6.01. The minimum absolute atomic E-state index is 0.00132. The smallest absolute Gasteiger partial charge is 0.354 e. The van der Waals surface area contributed by atoms with Crippen molar-refractivity contribution in [2.75, 3.05) is 6.61 Å². The Labute approximate surface area is 169 Å². The van der Waals surface area contributed by atoms with Gasteiger partial charge in [0.2, 0.25) is 0 Å². The average molecular weight is 394 g/mol. The van der Waals surface area contributed by atoms with Crippen molar-refractivity contribution in [1.29, 1.82) is 0 Å². The van der Waals surface area contributed by atoms with Gasteiger partial charge in [0.1, 0.15) is 18.1 Å². The molecule has 0 aliphatic rings. The van der Waals surface area contributed by atoms with E-state index in [4.69, 9.17) is 16.3 Å². The van der Waals surface area contributed by atoms with Crippen LogP contribution in [0.2, 0.25) is 5.02 Å². The molecule has 0 fully saturated rings. The van der Waals surface area contributed by atoms with Crippen molar-refractivity contribution in [3.05, 3.63) is 83.0 Å². The van der Waals surface area contributed by atoms with Gasteiger partial charge >= 0.3 is 5.97 Å². The highest BCUT2D eigenvalue weighted by atomic mass is 35.5. The van der Waals surface area contributed by atoms with E-state index in [1.807, 2.05) is 56.3 Å². The van der Waals surface area contributed by atoms with Gasteiger partial charge in [0, 0.05) is 16.1 Å². The van der Waals surface area contributed by atoms with Gasteiger partial charge in [0.15, 0.2) is 0 Å². The van der Waals surface area contributed by atoms with Crippen molar-refractivity contribution >= 4 is 17.6 Å². The van der Waals surface area contributed by atoms with Crippen LogP contribution in [-0.2, 0) is 0 Å². The molecular weight excluding hydrogens is 374 g/mol. The maximum absolute atomic E-state index is 11.3. The third kappa shape index (κ3) is 4.41. The van der Waals surface area contributed by atoms with E-state index in [1.54, 1.807) is 18.2 Å². The largest absolute Gasteiger partial charge is 0.489 e. The number of ether oxygens (including phenoxy) is 1. The van der Waals surface area contributed by atoms with Gasteiger partial charge in [-0.1, -0.05) is 48.0 Å². The van der Waals surface area contributed by atoms with Crippen LogP contribution in [0.5, 0.6) is 5.75 Å². The first-order chi connectivity index (χ1) is 13.5. The molecule has 28 heavy (non-hydrogen) atoms. The standard InChI is InChI=1S/C23H20ClNO3/c1-3-15(2)14-28-22-12-11-16(24)13-19(22)17-7-4-5-8-18(17)20-9-6-10-21(25-20)23(26)27/h3-13H,14H2,1-2H3,(H,26,27). The van der Waals surface area contributed by atoms with Crippen LogP contribution in [0.15, 0.2) is 72.3 Å². The number of hydrogen-bond acceptors (Lipinski definition) is 3. The van der Waals surface area contributed by atoms with Gasteiger partial charge in [-0.25, -0.2) is 9.78 Å². The van der Waals surface area contributed by atoms with E-state index >= 15 is 0 Å². The Morgan fingerprint density at radius 1 is 1.07 bits per heavy atom. The molecule has 0 saturated carbocycles. The highest BCUT2D eigenvalue weighted by Gasteiger charge is 2.15. The normalized spacial score (nSPS) is 11.3. The highest BCUT2D eigenvalue weighted by molar-refractivity contribution is 6.31. The van der Waals surface area contributed by atoms with Crippen LogP contribution in [-0.4, -0.2) is 22.7 Å². The van der Waals surface area contributed by atoms with Crippen LogP contribution in [0, 0.1) is 0 Å². The first kappa shape index (κ1) is 19.6. The molecule has 4 nitrogen and oxygen atoms in total. The molecule has 0 atom stereocenters. The van der Waals surface area contributed by atoms with Crippen molar-refractivity contribution in [1.82, 2.24) is 4.98 Å². The van der Waals surface area contributed by atoms with Crippen LogP contribution in [0.4, 0.5) is 0 Å². The lowest BCUT2D eigenvalue weighted by atomic mass is 9.96. The molecular formula is C23H20ClNO3. The Bertz CT molecular complexity index is 1040. The molecule has 3 aromatic rings. The van der Waals surface area contributed by atoms with E-state index in [-0.39, 0.29) is 5.69 Å². The van der Waals surface area contributed by atoms with Crippen LogP contribution in [0.1, 0.15) is 24.3 Å². The zero-order valence-electron chi connectivity index (χ0n) is 15.6. The molecule has 0 saturated heterocycles.